The van der Waals surface area contributed by atoms with E-state index in [1.54, 1.807) is 18.5 Å². The first-order valence-corrected chi connectivity index (χ1v) is 12.3. The molecule has 22 heavy (non-hydrogen) atoms. The van der Waals surface area contributed by atoms with Gasteiger partial charge in [-0.3, -0.25) is 4.57 Å². The van der Waals surface area contributed by atoms with Crippen molar-refractivity contribution in [3.8, 4) is 0 Å². The molecule has 0 N–H and O–H groups in total. The van der Waals surface area contributed by atoms with Gasteiger partial charge in [0.25, 0.3) is 7.82 Å². The van der Waals surface area contributed by atoms with Crippen LogP contribution >= 0.6 is 25.0 Å². The zero-order valence-electron chi connectivity index (χ0n) is 15.6. The summed E-state index contributed by atoms with van der Waals surface area (Å²) >= 11 is 0. The average Bonchev–Trinajstić information content (AvgIpc) is 2.50. The lowest BCUT2D eigenvalue weighted by Crippen LogP contribution is -2.07. The van der Waals surface area contributed by atoms with Crippen molar-refractivity contribution in [2.75, 3.05) is 39.4 Å². The maximum absolute atomic E-state index is 9.95. The molecule has 0 radical (unpaired) electrons. The van der Waals surface area contributed by atoms with E-state index >= 15 is 0 Å². The number of phosphoric ester groups is 1. The summed E-state index contributed by atoms with van der Waals surface area (Å²) in [5.41, 5.74) is 0. The molecule has 0 aliphatic carbocycles. The SMILES string of the molecule is CCCC[P+](C)(CCCC)CCCC.COP(=O)([O-])OC.P. The number of unbranched alkanes of at least 4 members (excludes halogenated alkanes) is 3. The number of hydrogen-bond acceptors (Lipinski definition) is 4. The minimum absolute atomic E-state index is 0. The summed E-state index contributed by atoms with van der Waals surface area (Å²) in [6.45, 7) is 9.59. The van der Waals surface area contributed by atoms with Gasteiger partial charge in [-0.05, 0) is 19.3 Å². The molecule has 7 heteroatoms. The lowest BCUT2D eigenvalue weighted by Gasteiger charge is -2.22. The van der Waals surface area contributed by atoms with Crippen molar-refractivity contribution < 1.29 is 18.5 Å². The van der Waals surface area contributed by atoms with Gasteiger partial charge in [0.2, 0.25) is 0 Å². The Kier molecular flexibility index (Phi) is 21.2. The van der Waals surface area contributed by atoms with Gasteiger partial charge in [0.1, 0.15) is 0 Å². The number of hydrogen-bond donors (Lipinski definition) is 0. The summed E-state index contributed by atoms with van der Waals surface area (Å²) in [5.74, 6) is 0. The van der Waals surface area contributed by atoms with Crippen molar-refractivity contribution in [3.05, 3.63) is 0 Å². The third-order valence-corrected chi connectivity index (χ3v) is 8.68. The van der Waals surface area contributed by atoms with E-state index in [2.05, 4.69) is 36.5 Å². The molecule has 0 aliphatic heterocycles. The lowest BCUT2D eigenvalue weighted by molar-refractivity contribution is -0.220. The van der Waals surface area contributed by atoms with E-state index in [9.17, 15) is 9.46 Å². The van der Waals surface area contributed by atoms with Gasteiger partial charge in [-0.1, -0.05) is 40.0 Å². The van der Waals surface area contributed by atoms with Crippen LogP contribution in [0.25, 0.3) is 0 Å². The maximum Gasteiger partial charge on any atom is 0.267 e. The molecule has 4 nitrogen and oxygen atoms in total. The summed E-state index contributed by atoms with van der Waals surface area (Å²) in [7, 11) is -2.35. The smallest absolute Gasteiger partial charge is 0.267 e. The van der Waals surface area contributed by atoms with Crippen LogP contribution in [-0.4, -0.2) is 39.4 Å². The second-order valence-corrected chi connectivity index (χ2v) is 11.9. The molecule has 0 amide bonds. The van der Waals surface area contributed by atoms with Crippen LogP contribution in [0.5, 0.6) is 0 Å². The minimum atomic E-state index is -3.90. The molecule has 0 aliphatic rings. The summed E-state index contributed by atoms with van der Waals surface area (Å²) in [6, 6.07) is 0. The molecule has 0 aromatic rings. The highest BCUT2D eigenvalue weighted by Crippen LogP contribution is 2.57. The van der Waals surface area contributed by atoms with E-state index in [1.807, 2.05) is 0 Å². The largest absolute Gasteiger partial charge is 0.756 e. The lowest BCUT2D eigenvalue weighted by atomic mass is 10.4. The van der Waals surface area contributed by atoms with Crippen molar-refractivity contribution in [2.24, 2.45) is 0 Å². The molecule has 0 saturated carbocycles. The monoisotopic (exact) mass is 376 g/mol. The molecule has 0 aromatic heterocycles. The second kappa shape index (κ2) is 16.8. The van der Waals surface area contributed by atoms with Gasteiger partial charge in [0, 0.05) is 28.1 Å². The molecule has 0 rings (SSSR count). The first-order valence-electron chi connectivity index (χ1n) is 8.06. The van der Waals surface area contributed by atoms with Crippen LogP contribution in [0.15, 0.2) is 0 Å². The highest BCUT2D eigenvalue weighted by atomic mass is 31.2. The normalized spacial score (nSPS) is 11.4. The fraction of sp³-hybridized carbons (Fsp3) is 1.00. The van der Waals surface area contributed by atoms with Crippen molar-refractivity contribution in [3.63, 3.8) is 0 Å². The Bertz CT molecular complexity index is 246. The second-order valence-electron chi connectivity index (χ2n) is 5.66. The minimum Gasteiger partial charge on any atom is -0.756 e. The number of phosphoric acid groups is 1. The quantitative estimate of drug-likeness (QED) is 0.484. The van der Waals surface area contributed by atoms with Crippen LogP contribution in [0.3, 0.4) is 0 Å². The number of rotatable bonds is 11. The Hall–Kier alpha value is 0.970. The van der Waals surface area contributed by atoms with Crippen LogP contribution in [0.4, 0.5) is 0 Å². The van der Waals surface area contributed by atoms with E-state index < -0.39 is 15.1 Å². The van der Waals surface area contributed by atoms with E-state index in [0.717, 1.165) is 14.2 Å². The van der Waals surface area contributed by atoms with Gasteiger partial charge >= 0.3 is 0 Å². The molecule has 1 unspecified atom stereocenters. The topological polar surface area (TPSA) is 58.6 Å². The molecular formula is C15H39O4P3. The van der Waals surface area contributed by atoms with Crippen molar-refractivity contribution in [1.82, 2.24) is 0 Å². The van der Waals surface area contributed by atoms with Gasteiger partial charge < -0.3 is 13.9 Å². The van der Waals surface area contributed by atoms with Gasteiger partial charge in [-0.2, -0.15) is 9.90 Å². The van der Waals surface area contributed by atoms with E-state index in [1.165, 1.54) is 38.5 Å². The summed E-state index contributed by atoms with van der Waals surface area (Å²) < 4.78 is 17.7. The predicted molar refractivity (Wildman–Crippen MR) is 105 cm³/mol. The molecule has 0 bridgehead atoms. The average molecular weight is 376 g/mol. The summed E-state index contributed by atoms with van der Waals surface area (Å²) in [6.07, 6.45) is 13.2. The van der Waals surface area contributed by atoms with Crippen LogP contribution in [-0.2, 0) is 13.6 Å². The van der Waals surface area contributed by atoms with Crippen molar-refractivity contribution in [2.45, 2.75) is 59.3 Å². The Labute approximate surface area is 142 Å². The fourth-order valence-corrected chi connectivity index (χ4v) is 6.09. The van der Waals surface area contributed by atoms with Crippen molar-refractivity contribution >= 4 is 25.0 Å². The zero-order chi connectivity index (χ0) is 16.8. The summed E-state index contributed by atoms with van der Waals surface area (Å²) in [5, 5.41) is 0. The van der Waals surface area contributed by atoms with E-state index in [4.69, 9.17) is 0 Å². The van der Waals surface area contributed by atoms with Crippen LogP contribution in [0, 0.1) is 0 Å². The van der Waals surface area contributed by atoms with Crippen LogP contribution < -0.4 is 4.89 Å². The van der Waals surface area contributed by atoms with Gasteiger partial charge in [-0.15, -0.1) is 0 Å². The Morgan fingerprint density at radius 1 is 0.864 bits per heavy atom. The Morgan fingerprint density at radius 3 is 1.27 bits per heavy atom. The predicted octanol–water partition coefficient (Wildman–Crippen LogP) is 4.84. The molecule has 0 fully saturated rings. The first-order chi connectivity index (χ1) is 9.80. The third kappa shape index (κ3) is 17.3. The molecule has 0 aromatic carbocycles. The Morgan fingerprint density at radius 2 is 1.14 bits per heavy atom. The maximum atomic E-state index is 9.95. The van der Waals surface area contributed by atoms with Gasteiger partial charge in [0.15, 0.2) is 0 Å². The zero-order valence-corrected chi connectivity index (χ0v) is 18.8. The molecular weight excluding hydrogens is 337 g/mol. The molecule has 0 spiro atoms. The first kappa shape index (κ1) is 27.8. The molecule has 0 heterocycles. The van der Waals surface area contributed by atoms with Crippen molar-refractivity contribution in [1.29, 1.82) is 0 Å². The van der Waals surface area contributed by atoms with Crippen LogP contribution in [0.2, 0.25) is 0 Å². The van der Waals surface area contributed by atoms with E-state index in [0.29, 0.717) is 0 Å². The summed E-state index contributed by atoms with van der Waals surface area (Å²) in [4.78, 5) is 9.95. The van der Waals surface area contributed by atoms with Crippen LogP contribution in [0.1, 0.15) is 59.3 Å². The van der Waals surface area contributed by atoms with E-state index in [-0.39, 0.29) is 9.90 Å². The molecule has 0 saturated heterocycles. The molecule has 1 atom stereocenters. The third-order valence-electron chi connectivity index (χ3n) is 3.60. The standard InChI is InChI=1S/C13H30P.C2H7O4P.H3P/c1-5-8-11-14(4,12-9-6-2)13-10-7-3;1-5-7(3,4)6-2;/h5-13H2,1-4H3;1-2H3,(H,3,4);1H3/q+1;;/p-1. The molecule has 138 valence electrons. The Balaban J connectivity index is -0.000000385. The fourth-order valence-electron chi connectivity index (χ4n) is 2.03. The van der Waals surface area contributed by atoms with Gasteiger partial charge in [0.05, 0.1) is 18.5 Å². The highest BCUT2D eigenvalue weighted by molar-refractivity contribution is 7.75. The highest BCUT2D eigenvalue weighted by Gasteiger charge is 2.28. The van der Waals surface area contributed by atoms with Gasteiger partial charge in [-0.25, -0.2) is 0 Å².